The van der Waals surface area contributed by atoms with Gasteiger partial charge in [0, 0.05) is 43.0 Å². The highest BCUT2D eigenvalue weighted by Crippen LogP contribution is 2.51. The van der Waals surface area contributed by atoms with Crippen LogP contribution in [0, 0.1) is 17.3 Å². The number of hydrogen-bond acceptors (Lipinski definition) is 4. The summed E-state index contributed by atoms with van der Waals surface area (Å²) in [5.74, 6) is 0.986. The number of nitrogens with zero attached hydrogens (tertiary/aromatic N) is 3. The van der Waals surface area contributed by atoms with Gasteiger partial charge in [-0.3, -0.25) is 14.6 Å². The molecule has 1 N–H and O–H groups in total. The van der Waals surface area contributed by atoms with E-state index in [1.807, 2.05) is 17.0 Å². The molecule has 2 aromatic rings. The first-order chi connectivity index (χ1) is 16.4. The summed E-state index contributed by atoms with van der Waals surface area (Å²) in [6, 6.07) is 3.77. The maximum absolute atomic E-state index is 13.5. The van der Waals surface area contributed by atoms with E-state index in [0.717, 1.165) is 37.5 Å². The van der Waals surface area contributed by atoms with Gasteiger partial charge in [0.2, 0.25) is 5.91 Å². The van der Waals surface area contributed by atoms with Crippen LogP contribution in [0.25, 0.3) is 10.8 Å². The van der Waals surface area contributed by atoms with Gasteiger partial charge in [0.1, 0.15) is 0 Å². The predicted octanol–water partition coefficient (Wildman–Crippen LogP) is 4.53. The second-order valence-electron chi connectivity index (χ2n) is 11.4. The first kappa shape index (κ1) is 23.5. The molecular formula is C28H39N3O3. The summed E-state index contributed by atoms with van der Waals surface area (Å²) in [6.07, 6.45) is 17.0. The largest absolute Gasteiger partial charge is 0.387 e. The van der Waals surface area contributed by atoms with Crippen LogP contribution < -0.4 is 5.56 Å². The lowest BCUT2D eigenvalue weighted by Crippen LogP contribution is -2.62. The molecule has 1 spiro atoms. The zero-order valence-corrected chi connectivity index (χ0v) is 20.5. The van der Waals surface area contributed by atoms with Crippen LogP contribution in [-0.4, -0.2) is 44.2 Å². The molecule has 1 aliphatic heterocycles. The van der Waals surface area contributed by atoms with E-state index in [9.17, 15) is 14.7 Å². The summed E-state index contributed by atoms with van der Waals surface area (Å²) in [7, 11) is 0. The van der Waals surface area contributed by atoms with Crippen LogP contribution in [0.2, 0.25) is 0 Å². The fourth-order valence-corrected chi connectivity index (χ4v) is 7.15. The van der Waals surface area contributed by atoms with E-state index in [2.05, 4.69) is 11.9 Å². The Morgan fingerprint density at radius 3 is 2.68 bits per heavy atom. The summed E-state index contributed by atoms with van der Waals surface area (Å²) in [4.78, 5) is 32.8. The average Bonchev–Trinajstić information content (AvgIpc) is 3.33. The number of rotatable bonds is 5. The van der Waals surface area contributed by atoms with Crippen molar-refractivity contribution in [3.05, 3.63) is 41.1 Å². The van der Waals surface area contributed by atoms with Gasteiger partial charge in [0.05, 0.1) is 17.5 Å². The number of hydrogen-bond donors (Lipinski definition) is 1. The monoisotopic (exact) mass is 465 g/mol. The van der Waals surface area contributed by atoms with E-state index in [0.29, 0.717) is 30.8 Å². The molecule has 2 aliphatic carbocycles. The number of aromatic nitrogens is 2. The Hall–Kier alpha value is -2.21. The molecule has 2 saturated carbocycles. The van der Waals surface area contributed by atoms with Gasteiger partial charge < -0.3 is 14.6 Å². The molecule has 2 aromatic heterocycles. The Kier molecular flexibility index (Phi) is 6.54. The second-order valence-corrected chi connectivity index (χ2v) is 11.4. The van der Waals surface area contributed by atoms with Gasteiger partial charge in [-0.05, 0) is 49.1 Å². The molecule has 0 radical (unpaired) electrons. The van der Waals surface area contributed by atoms with Gasteiger partial charge in [-0.15, -0.1) is 0 Å². The number of aliphatic hydroxyl groups is 1. The minimum atomic E-state index is -0.993. The maximum Gasteiger partial charge on any atom is 0.260 e. The van der Waals surface area contributed by atoms with E-state index >= 15 is 0 Å². The van der Waals surface area contributed by atoms with E-state index in [-0.39, 0.29) is 29.3 Å². The van der Waals surface area contributed by atoms with Gasteiger partial charge in [-0.25, -0.2) is 0 Å². The molecular weight excluding hydrogens is 426 g/mol. The normalized spacial score (nSPS) is 26.2. The number of pyridine rings is 2. The van der Waals surface area contributed by atoms with E-state index in [1.54, 1.807) is 23.2 Å². The van der Waals surface area contributed by atoms with Crippen LogP contribution in [0.5, 0.6) is 0 Å². The smallest absolute Gasteiger partial charge is 0.260 e. The van der Waals surface area contributed by atoms with Crippen molar-refractivity contribution in [3.63, 3.8) is 0 Å². The maximum atomic E-state index is 13.5. The van der Waals surface area contributed by atoms with Gasteiger partial charge in [0.15, 0.2) is 0 Å². The summed E-state index contributed by atoms with van der Waals surface area (Å²) in [6.45, 7) is 3.55. The Balaban J connectivity index is 1.34. The van der Waals surface area contributed by atoms with Crippen molar-refractivity contribution < 1.29 is 9.90 Å². The molecule has 0 aromatic carbocycles. The summed E-state index contributed by atoms with van der Waals surface area (Å²) in [5.41, 5.74) is -1.44. The van der Waals surface area contributed by atoms with Gasteiger partial charge >= 0.3 is 0 Å². The van der Waals surface area contributed by atoms with Crippen LogP contribution >= 0.6 is 0 Å². The minimum absolute atomic E-state index is 0.0448. The number of carbonyl (C=O) groups excluding carboxylic acids is 1. The molecule has 184 valence electrons. The van der Waals surface area contributed by atoms with Crippen molar-refractivity contribution in [2.45, 2.75) is 89.7 Å². The summed E-state index contributed by atoms with van der Waals surface area (Å²) in [5, 5.41) is 13.5. The molecule has 6 heteroatoms. The zero-order chi connectivity index (χ0) is 23.8. The van der Waals surface area contributed by atoms with E-state index in [1.165, 1.54) is 32.1 Å². The first-order valence-electron chi connectivity index (χ1n) is 13.4. The van der Waals surface area contributed by atoms with Crippen molar-refractivity contribution >= 4 is 16.7 Å². The lowest BCUT2D eigenvalue weighted by Gasteiger charge is -2.53. The van der Waals surface area contributed by atoms with Crippen LogP contribution in [-0.2, 0) is 11.3 Å². The molecule has 1 unspecified atom stereocenters. The van der Waals surface area contributed by atoms with Gasteiger partial charge in [0.25, 0.3) is 5.56 Å². The quantitative estimate of drug-likeness (QED) is 0.704. The third kappa shape index (κ3) is 4.30. The Labute approximate surface area is 202 Å². The predicted molar refractivity (Wildman–Crippen MR) is 133 cm³/mol. The van der Waals surface area contributed by atoms with Crippen molar-refractivity contribution in [2.24, 2.45) is 17.3 Å². The Bertz CT molecular complexity index is 1080. The lowest BCUT2D eigenvalue weighted by atomic mass is 9.65. The minimum Gasteiger partial charge on any atom is -0.387 e. The second kappa shape index (κ2) is 9.44. The summed E-state index contributed by atoms with van der Waals surface area (Å²) >= 11 is 0. The number of piperidine rings is 1. The van der Waals surface area contributed by atoms with Gasteiger partial charge in [-0.1, -0.05) is 51.9 Å². The highest BCUT2D eigenvalue weighted by molar-refractivity contribution is 5.80. The third-order valence-electron chi connectivity index (χ3n) is 9.19. The average molecular weight is 466 g/mol. The molecule has 3 aliphatic rings. The van der Waals surface area contributed by atoms with Crippen molar-refractivity contribution in [2.75, 3.05) is 13.1 Å². The number of likely N-dealkylation sites (tertiary alicyclic amines) is 1. The van der Waals surface area contributed by atoms with Gasteiger partial charge in [-0.2, -0.15) is 0 Å². The molecule has 1 saturated heterocycles. The molecule has 34 heavy (non-hydrogen) atoms. The fourth-order valence-electron chi connectivity index (χ4n) is 7.15. The van der Waals surface area contributed by atoms with Crippen LogP contribution in [0.15, 0.2) is 35.5 Å². The van der Waals surface area contributed by atoms with E-state index < -0.39 is 5.60 Å². The van der Waals surface area contributed by atoms with Crippen molar-refractivity contribution in [1.29, 1.82) is 0 Å². The molecule has 3 fully saturated rings. The Morgan fingerprint density at radius 1 is 1.15 bits per heavy atom. The van der Waals surface area contributed by atoms with Crippen LogP contribution in [0.4, 0.5) is 0 Å². The van der Waals surface area contributed by atoms with E-state index in [4.69, 9.17) is 0 Å². The molecule has 6 nitrogen and oxygen atoms in total. The lowest BCUT2D eigenvalue weighted by molar-refractivity contribution is -0.163. The Morgan fingerprint density at radius 2 is 1.91 bits per heavy atom. The molecule has 3 heterocycles. The first-order valence-corrected chi connectivity index (χ1v) is 13.4. The third-order valence-corrected chi connectivity index (χ3v) is 9.19. The van der Waals surface area contributed by atoms with Crippen molar-refractivity contribution in [1.82, 2.24) is 14.5 Å². The highest BCUT2D eigenvalue weighted by Gasteiger charge is 2.55. The highest BCUT2D eigenvalue weighted by atomic mass is 16.3. The topological polar surface area (TPSA) is 75.4 Å². The van der Waals surface area contributed by atoms with Crippen molar-refractivity contribution in [3.8, 4) is 0 Å². The number of carbonyl (C=O) groups is 1. The SMILES string of the molecule is C[C@H](CC1CCCCC1)C(=O)N1CCC(O)(Cn2ccc3ccncc3c2=O)C2(CCCC2)C1. The van der Waals surface area contributed by atoms with Crippen LogP contribution in [0.3, 0.4) is 0 Å². The standard InChI is InChI=1S/C28H39N3O3/c1-21(17-22-7-3-2-4-8-22)25(32)31-16-13-28(34,27(19-31)11-5-6-12-27)20-30-15-10-23-9-14-29-18-24(23)26(30)33/h9-10,14-15,18,21-22,34H,2-8,11-13,16-17,19-20H2,1H3/t21-,28?/m1/s1. The zero-order valence-electron chi connectivity index (χ0n) is 20.5. The van der Waals surface area contributed by atoms with Crippen LogP contribution in [0.1, 0.15) is 77.6 Å². The number of amides is 1. The molecule has 5 rings (SSSR count). The molecule has 0 bridgehead atoms. The molecule has 1 amide bonds. The number of fused-ring (bicyclic) bond motifs is 1. The fraction of sp³-hybridized carbons (Fsp3) is 0.679. The molecule has 2 atom stereocenters. The summed E-state index contributed by atoms with van der Waals surface area (Å²) < 4.78 is 1.66.